The van der Waals surface area contributed by atoms with Crippen molar-refractivity contribution in [1.82, 2.24) is 0 Å². The third-order valence-corrected chi connectivity index (χ3v) is 14.1. The summed E-state index contributed by atoms with van der Waals surface area (Å²) in [5, 5.41) is 9.64. The molecule has 1 aliphatic rings. The van der Waals surface area contributed by atoms with E-state index in [9.17, 15) is 0 Å². The molecule has 6 aromatic carbocycles. The zero-order chi connectivity index (χ0) is 30.2. The molecule has 0 saturated heterocycles. The van der Waals surface area contributed by atoms with Gasteiger partial charge in [-0.1, -0.05) is 131 Å². The molecule has 6 aromatic rings. The maximum atomic E-state index is 7.09. The first-order valence-electron chi connectivity index (χ1n) is 13.7. The molecular weight excluding hydrogens is 684 g/mol. The monoisotopic (exact) mass is 704 g/mol. The average Bonchev–Trinajstić information content (AvgIpc) is 3.03. The summed E-state index contributed by atoms with van der Waals surface area (Å²) in [7, 11) is -2.01. The minimum absolute atomic E-state index is 0.701. The predicted octanol–water partition coefficient (Wildman–Crippen LogP) is 10.1. The van der Waals surface area contributed by atoms with E-state index in [0.29, 0.717) is 20.1 Å². The fraction of sp³-hybridized carbons (Fsp3) is 0. The van der Waals surface area contributed by atoms with Crippen LogP contribution in [0.3, 0.4) is 0 Å². The molecule has 0 aliphatic carbocycles. The molecule has 1 heterocycles. The Balaban J connectivity index is 1.40. The number of halogens is 4. The number of ether oxygens (including phenoxy) is 1. The summed E-state index contributed by atoms with van der Waals surface area (Å²) in [6, 6.07) is 45.2. The molecular formula is C36H22Cl4OP2S. The van der Waals surface area contributed by atoms with E-state index in [1.807, 2.05) is 48.5 Å². The summed E-state index contributed by atoms with van der Waals surface area (Å²) < 4.78 is 7.09. The molecule has 1 nitrogen and oxygen atoms in total. The Bertz CT molecular complexity index is 1840. The highest BCUT2D eigenvalue weighted by atomic mass is 35.5. The second-order valence-electron chi connectivity index (χ2n) is 10.00. The highest BCUT2D eigenvalue weighted by Gasteiger charge is 2.31. The highest BCUT2D eigenvalue weighted by molar-refractivity contribution is 7.99. The fourth-order valence-electron chi connectivity index (χ4n) is 5.21. The Morgan fingerprint density at radius 1 is 0.409 bits per heavy atom. The van der Waals surface area contributed by atoms with Crippen molar-refractivity contribution < 1.29 is 4.74 Å². The van der Waals surface area contributed by atoms with Crippen molar-refractivity contribution in [3.05, 3.63) is 154 Å². The van der Waals surface area contributed by atoms with E-state index in [1.54, 1.807) is 11.8 Å². The van der Waals surface area contributed by atoms with Crippen molar-refractivity contribution in [3.8, 4) is 11.5 Å². The maximum Gasteiger partial charge on any atom is 0.149 e. The lowest BCUT2D eigenvalue weighted by Gasteiger charge is -2.30. The first-order valence-corrected chi connectivity index (χ1v) is 18.7. The minimum atomic E-state index is -1.01. The van der Waals surface area contributed by atoms with Crippen LogP contribution in [0.1, 0.15) is 0 Å². The second-order valence-corrected chi connectivity index (χ2v) is 17.2. The summed E-state index contributed by atoms with van der Waals surface area (Å²) in [5.74, 6) is 1.74. The lowest BCUT2D eigenvalue weighted by molar-refractivity contribution is 0.462. The molecule has 0 spiro atoms. The van der Waals surface area contributed by atoms with Crippen LogP contribution in [-0.2, 0) is 0 Å². The Morgan fingerprint density at radius 3 is 1.23 bits per heavy atom. The zero-order valence-corrected chi connectivity index (χ0v) is 28.6. The summed E-state index contributed by atoms with van der Waals surface area (Å²) >= 11 is 27.4. The average molecular weight is 706 g/mol. The van der Waals surface area contributed by atoms with Gasteiger partial charge in [0.1, 0.15) is 11.5 Å². The van der Waals surface area contributed by atoms with E-state index in [-0.39, 0.29) is 0 Å². The molecule has 2 unspecified atom stereocenters. The molecule has 0 aromatic heterocycles. The molecule has 2 atom stereocenters. The first-order chi connectivity index (χ1) is 21.4. The first kappa shape index (κ1) is 30.2. The fourth-order valence-corrected chi connectivity index (χ4v) is 12.0. The van der Waals surface area contributed by atoms with Crippen LogP contribution >= 0.6 is 74.0 Å². The Hall–Kier alpha value is -2.51. The highest BCUT2D eigenvalue weighted by Crippen LogP contribution is 2.52. The van der Waals surface area contributed by atoms with Crippen LogP contribution in [0.15, 0.2) is 143 Å². The van der Waals surface area contributed by atoms with Crippen molar-refractivity contribution in [2.24, 2.45) is 0 Å². The Morgan fingerprint density at radius 2 is 0.818 bits per heavy atom. The molecule has 0 saturated carbocycles. The maximum absolute atomic E-state index is 7.09. The Kier molecular flexibility index (Phi) is 8.96. The van der Waals surface area contributed by atoms with Gasteiger partial charge in [-0.05, 0) is 97.7 Å². The van der Waals surface area contributed by atoms with Crippen molar-refractivity contribution in [2.75, 3.05) is 0 Å². The molecule has 0 fully saturated rings. The van der Waals surface area contributed by atoms with Crippen molar-refractivity contribution in [3.63, 3.8) is 0 Å². The van der Waals surface area contributed by atoms with Crippen molar-refractivity contribution in [2.45, 2.75) is 9.79 Å². The van der Waals surface area contributed by atoms with Crippen LogP contribution in [0, 0.1) is 0 Å². The van der Waals surface area contributed by atoms with Gasteiger partial charge in [-0.15, -0.1) is 0 Å². The predicted molar refractivity (Wildman–Crippen MR) is 195 cm³/mol. The van der Waals surface area contributed by atoms with E-state index >= 15 is 0 Å². The van der Waals surface area contributed by atoms with Gasteiger partial charge < -0.3 is 4.74 Å². The summed E-state index contributed by atoms with van der Waals surface area (Å²) in [4.78, 5) is 2.16. The molecule has 0 radical (unpaired) electrons. The standard InChI is InChI=1S/C36H22Cl4OP2S/c37-23-13-17-27(18-14-23)42(29-7-1-5-25(39)21-29)31-9-3-11-33-35(31)41-36-32(10-4-12-34(36)44-33)43(28-19-15-24(38)16-20-28)30-8-2-6-26(40)22-30/h1-22H. The summed E-state index contributed by atoms with van der Waals surface area (Å²) in [6.07, 6.45) is 0. The van der Waals surface area contributed by atoms with Gasteiger partial charge >= 0.3 is 0 Å². The minimum Gasteiger partial charge on any atom is -0.454 e. The summed E-state index contributed by atoms with van der Waals surface area (Å²) in [5.41, 5.74) is 0. The lowest BCUT2D eigenvalue weighted by Crippen LogP contribution is -2.25. The molecule has 0 amide bonds. The molecule has 44 heavy (non-hydrogen) atoms. The molecule has 216 valence electrons. The largest absolute Gasteiger partial charge is 0.454 e. The number of benzene rings is 6. The Labute approximate surface area is 283 Å². The van der Waals surface area contributed by atoms with E-state index < -0.39 is 15.8 Å². The smallest absolute Gasteiger partial charge is 0.149 e. The van der Waals surface area contributed by atoms with Crippen LogP contribution < -0.4 is 36.6 Å². The lowest BCUT2D eigenvalue weighted by atomic mass is 10.3. The van der Waals surface area contributed by atoms with Gasteiger partial charge in [0.05, 0.1) is 9.79 Å². The van der Waals surface area contributed by atoms with Crippen molar-refractivity contribution in [1.29, 1.82) is 0 Å². The molecule has 7 rings (SSSR count). The second kappa shape index (κ2) is 13.1. The van der Waals surface area contributed by atoms with Gasteiger partial charge in [-0.25, -0.2) is 0 Å². The van der Waals surface area contributed by atoms with E-state index in [2.05, 4.69) is 84.9 Å². The van der Waals surface area contributed by atoms with Gasteiger partial charge in [0.15, 0.2) is 0 Å². The van der Waals surface area contributed by atoms with E-state index in [0.717, 1.165) is 53.1 Å². The number of hydrogen-bond donors (Lipinski definition) is 0. The van der Waals surface area contributed by atoms with Gasteiger partial charge in [-0.2, -0.15) is 0 Å². The van der Waals surface area contributed by atoms with Crippen molar-refractivity contribution >= 4 is 106 Å². The third-order valence-electron chi connectivity index (χ3n) is 7.12. The molecule has 1 aliphatic heterocycles. The van der Waals surface area contributed by atoms with Crippen LogP contribution in [0.4, 0.5) is 0 Å². The van der Waals surface area contributed by atoms with Gasteiger partial charge in [-0.3, -0.25) is 0 Å². The number of hydrogen-bond acceptors (Lipinski definition) is 2. The van der Waals surface area contributed by atoms with Crippen LogP contribution in [0.5, 0.6) is 11.5 Å². The third kappa shape index (κ3) is 6.16. The van der Waals surface area contributed by atoms with E-state index in [1.165, 1.54) is 0 Å². The molecule has 0 bridgehead atoms. The van der Waals surface area contributed by atoms with Gasteiger partial charge in [0.2, 0.25) is 0 Å². The number of fused-ring (bicyclic) bond motifs is 2. The van der Waals surface area contributed by atoms with Crippen LogP contribution in [-0.4, -0.2) is 0 Å². The normalized spacial score (nSPS) is 13.4. The van der Waals surface area contributed by atoms with Gasteiger partial charge in [0.25, 0.3) is 0 Å². The quantitative estimate of drug-likeness (QED) is 0.159. The molecule has 8 heteroatoms. The number of rotatable bonds is 6. The summed E-state index contributed by atoms with van der Waals surface area (Å²) in [6.45, 7) is 0. The van der Waals surface area contributed by atoms with Gasteiger partial charge in [0, 0.05) is 30.7 Å². The molecule has 0 N–H and O–H groups in total. The van der Waals surface area contributed by atoms with Crippen LogP contribution in [0.2, 0.25) is 20.1 Å². The van der Waals surface area contributed by atoms with Crippen LogP contribution in [0.25, 0.3) is 0 Å². The van der Waals surface area contributed by atoms with E-state index in [4.69, 9.17) is 51.1 Å². The topological polar surface area (TPSA) is 9.23 Å². The zero-order valence-electron chi connectivity index (χ0n) is 22.9. The number of para-hydroxylation sites is 2. The SMILES string of the molecule is Clc1ccc(P(c2cccc(Cl)c2)c2cccc3c2Oc2c(cccc2P(c2ccc(Cl)cc2)c2cccc(Cl)c2)S3)cc1.